The molecule has 0 saturated heterocycles. The van der Waals surface area contributed by atoms with Crippen molar-refractivity contribution >= 4 is 29.2 Å². The van der Waals surface area contributed by atoms with Crippen molar-refractivity contribution in [3.8, 4) is 18.1 Å². The first-order valence-corrected chi connectivity index (χ1v) is 11.8. The van der Waals surface area contributed by atoms with Crippen LogP contribution in [-0.4, -0.2) is 29.6 Å². The SMILES string of the molecule is C#CCOC(=O)C1=C(C(=O)N(Cc2cnccc2C)c2cc(OC(C)C)c(Cl)cc2F)CCCC1. The van der Waals surface area contributed by atoms with Gasteiger partial charge in [-0.05, 0) is 69.7 Å². The Balaban J connectivity index is 2.13. The lowest BCUT2D eigenvalue weighted by Crippen LogP contribution is -2.35. The van der Waals surface area contributed by atoms with E-state index >= 15 is 4.39 Å². The zero-order valence-corrected chi connectivity index (χ0v) is 20.8. The Labute approximate surface area is 210 Å². The predicted molar refractivity (Wildman–Crippen MR) is 133 cm³/mol. The molecule has 2 aromatic rings. The Bertz CT molecular complexity index is 1190. The summed E-state index contributed by atoms with van der Waals surface area (Å²) in [5.41, 5.74) is 2.18. The highest BCUT2D eigenvalue weighted by Gasteiger charge is 2.31. The number of ether oxygens (including phenoxy) is 2. The molecule has 0 bridgehead atoms. The quantitative estimate of drug-likeness (QED) is 0.352. The van der Waals surface area contributed by atoms with Crippen LogP contribution in [0.4, 0.5) is 10.1 Å². The number of aromatic nitrogens is 1. The zero-order chi connectivity index (χ0) is 25.5. The Morgan fingerprint density at radius 3 is 2.63 bits per heavy atom. The van der Waals surface area contributed by atoms with Crippen LogP contribution in [0.3, 0.4) is 0 Å². The lowest BCUT2D eigenvalue weighted by Gasteiger charge is -2.28. The predicted octanol–water partition coefficient (Wildman–Crippen LogP) is 5.55. The van der Waals surface area contributed by atoms with Gasteiger partial charge in [0, 0.05) is 29.6 Å². The van der Waals surface area contributed by atoms with Crippen molar-refractivity contribution in [2.24, 2.45) is 0 Å². The molecule has 0 radical (unpaired) electrons. The van der Waals surface area contributed by atoms with E-state index in [1.807, 2.05) is 26.8 Å². The van der Waals surface area contributed by atoms with E-state index in [-0.39, 0.29) is 41.3 Å². The van der Waals surface area contributed by atoms with Crippen molar-refractivity contribution in [2.75, 3.05) is 11.5 Å². The fourth-order valence-corrected chi connectivity index (χ4v) is 4.09. The van der Waals surface area contributed by atoms with Gasteiger partial charge in [0.1, 0.15) is 11.6 Å². The minimum atomic E-state index is -0.686. The summed E-state index contributed by atoms with van der Waals surface area (Å²) in [7, 11) is 0. The topological polar surface area (TPSA) is 68.7 Å². The molecule has 3 rings (SSSR count). The lowest BCUT2D eigenvalue weighted by molar-refractivity contribution is -0.138. The molecule has 1 aromatic heterocycles. The number of anilines is 1. The summed E-state index contributed by atoms with van der Waals surface area (Å²) < 4.78 is 26.1. The highest BCUT2D eigenvalue weighted by atomic mass is 35.5. The van der Waals surface area contributed by atoms with E-state index in [4.69, 9.17) is 27.5 Å². The van der Waals surface area contributed by atoms with E-state index in [9.17, 15) is 9.59 Å². The molecule has 1 amide bonds. The molecule has 8 heteroatoms. The molecule has 1 aliphatic rings. The maximum Gasteiger partial charge on any atom is 0.335 e. The highest BCUT2D eigenvalue weighted by molar-refractivity contribution is 6.32. The molecule has 1 aliphatic carbocycles. The van der Waals surface area contributed by atoms with E-state index in [0.717, 1.165) is 30.0 Å². The number of halogens is 2. The number of carbonyl (C=O) groups excluding carboxylic acids is 2. The summed E-state index contributed by atoms with van der Waals surface area (Å²) in [5, 5.41) is 0.0975. The zero-order valence-electron chi connectivity index (χ0n) is 20.1. The van der Waals surface area contributed by atoms with Crippen LogP contribution in [0.5, 0.6) is 5.75 Å². The summed E-state index contributed by atoms with van der Waals surface area (Å²) in [6.45, 7) is 5.37. The van der Waals surface area contributed by atoms with E-state index in [2.05, 4.69) is 10.9 Å². The monoisotopic (exact) mass is 498 g/mol. The number of aryl methyl sites for hydroxylation is 1. The van der Waals surface area contributed by atoms with Crippen LogP contribution in [0.25, 0.3) is 0 Å². The second-order valence-electron chi connectivity index (χ2n) is 8.54. The van der Waals surface area contributed by atoms with Gasteiger partial charge in [-0.2, -0.15) is 0 Å². The molecule has 0 atom stereocenters. The van der Waals surface area contributed by atoms with Crippen LogP contribution in [0.15, 0.2) is 41.7 Å². The molecule has 6 nitrogen and oxygen atoms in total. The number of hydrogen-bond acceptors (Lipinski definition) is 5. The van der Waals surface area contributed by atoms with E-state index in [1.165, 1.54) is 11.0 Å². The van der Waals surface area contributed by atoms with Crippen molar-refractivity contribution in [2.45, 2.75) is 59.1 Å². The van der Waals surface area contributed by atoms with Gasteiger partial charge in [0.2, 0.25) is 0 Å². The minimum Gasteiger partial charge on any atom is -0.489 e. The van der Waals surface area contributed by atoms with Gasteiger partial charge < -0.3 is 14.4 Å². The van der Waals surface area contributed by atoms with Crippen molar-refractivity contribution < 1.29 is 23.5 Å². The Morgan fingerprint density at radius 1 is 1.26 bits per heavy atom. The second kappa shape index (κ2) is 11.9. The highest BCUT2D eigenvalue weighted by Crippen LogP contribution is 2.36. The number of carbonyl (C=O) groups is 2. The van der Waals surface area contributed by atoms with Gasteiger partial charge >= 0.3 is 5.97 Å². The molecule has 1 heterocycles. The molecule has 184 valence electrons. The molecule has 0 saturated carbocycles. The normalized spacial score (nSPS) is 13.4. The van der Waals surface area contributed by atoms with Crippen LogP contribution >= 0.6 is 11.6 Å². The van der Waals surface area contributed by atoms with Gasteiger partial charge in [0.25, 0.3) is 5.91 Å². The number of amides is 1. The number of nitrogens with zero attached hydrogens (tertiary/aromatic N) is 2. The molecule has 0 unspecified atom stereocenters. The number of terminal acetylenes is 1. The summed E-state index contributed by atoms with van der Waals surface area (Å²) >= 11 is 6.21. The minimum absolute atomic E-state index is 0.00674. The third kappa shape index (κ3) is 6.40. The largest absolute Gasteiger partial charge is 0.489 e. The van der Waals surface area contributed by atoms with Gasteiger partial charge in [-0.25, -0.2) is 9.18 Å². The molecule has 35 heavy (non-hydrogen) atoms. The third-order valence-corrected chi connectivity index (χ3v) is 5.93. The number of esters is 1. The van der Waals surface area contributed by atoms with Gasteiger partial charge in [0.15, 0.2) is 6.61 Å². The van der Waals surface area contributed by atoms with Crippen LogP contribution in [0.2, 0.25) is 5.02 Å². The van der Waals surface area contributed by atoms with E-state index in [1.54, 1.807) is 12.4 Å². The standard InChI is InChI=1S/C27H28ClFN2O4/c1-5-12-34-27(33)21-9-7-6-8-20(21)26(32)31(16-19-15-30-11-10-18(19)4)24-14-25(35-17(2)3)22(28)13-23(24)29/h1,10-11,13-15,17H,6-9,12,16H2,2-4H3. The Kier molecular flexibility index (Phi) is 8.89. The molecule has 0 N–H and O–H groups in total. The summed E-state index contributed by atoms with van der Waals surface area (Å²) in [4.78, 5) is 32.1. The van der Waals surface area contributed by atoms with Gasteiger partial charge in [-0.15, -0.1) is 6.42 Å². The molecule has 0 aliphatic heterocycles. The summed E-state index contributed by atoms with van der Waals surface area (Å²) in [5.74, 6) is 0.718. The Morgan fingerprint density at radius 2 is 1.97 bits per heavy atom. The van der Waals surface area contributed by atoms with Crippen LogP contribution in [0.1, 0.15) is 50.7 Å². The first-order valence-electron chi connectivity index (χ1n) is 11.4. The van der Waals surface area contributed by atoms with Crippen LogP contribution < -0.4 is 9.64 Å². The van der Waals surface area contributed by atoms with Gasteiger partial charge in [-0.1, -0.05) is 17.5 Å². The third-order valence-electron chi connectivity index (χ3n) is 5.63. The summed E-state index contributed by atoms with van der Waals surface area (Å²) in [6, 6.07) is 4.36. The van der Waals surface area contributed by atoms with E-state index in [0.29, 0.717) is 18.4 Å². The van der Waals surface area contributed by atoms with Crippen LogP contribution in [0, 0.1) is 25.1 Å². The lowest BCUT2D eigenvalue weighted by atomic mass is 9.90. The molecular formula is C27H28ClFN2O4. The smallest absolute Gasteiger partial charge is 0.335 e. The average molecular weight is 499 g/mol. The van der Waals surface area contributed by atoms with Crippen molar-refractivity contribution in [3.63, 3.8) is 0 Å². The first-order chi connectivity index (χ1) is 16.7. The van der Waals surface area contributed by atoms with Crippen molar-refractivity contribution in [1.29, 1.82) is 0 Å². The number of rotatable bonds is 8. The molecule has 0 spiro atoms. The summed E-state index contributed by atoms with van der Waals surface area (Å²) in [6.07, 6.45) is 10.5. The van der Waals surface area contributed by atoms with Crippen molar-refractivity contribution in [3.05, 3.63) is 63.7 Å². The molecule has 1 aromatic carbocycles. The average Bonchev–Trinajstić information content (AvgIpc) is 2.83. The van der Waals surface area contributed by atoms with E-state index < -0.39 is 17.7 Å². The maximum atomic E-state index is 15.3. The molecular weight excluding hydrogens is 471 g/mol. The number of benzene rings is 1. The fourth-order valence-electron chi connectivity index (χ4n) is 3.89. The number of hydrogen-bond donors (Lipinski definition) is 0. The van der Waals surface area contributed by atoms with Crippen molar-refractivity contribution in [1.82, 2.24) is 4.98 Å². The van der Waals surface area contributed by atoms with Gasteiger partial charge in [-0.3, -0.25) is 9.78 Å². The molecule has 0 fully saturated rings. The number of pyridine rings is 1. The maximum absolute atomic E-state index is 15.3. The van der Waals surface area contributed by atoms with Crippen LogP contribution in [-0.2, 0) is 20.9 Å². The fraction of sp³-hybridized carbons (Fsp3) is 0.370. The van der Waals surface area contributed by atoms with Gasteiger partial charge in [0.05, 0.1) is 23.4 Å². The first kappa shape index (κ1) is 26.2. The Hall–Kier alpha value is -3.37. The second-order valence-corrected chi connectivity index (χ2v) is 8.95.